The molecule has 3 nitrogen and oxygen atoms in total. The fraction of sp³-hybridized carbons (Fsp3) is 0.222. The number of hydrogen-bond acceptors (Lipinski definition) is 1. The van der Waals surface area contributed by atoms with Crippen LogP contribution in [0, 0.1) is 0 Å². The van der Waals surface area contributed by atoms with Crippen LogP contribution in [0.3, 0.4) is 0 Å². The third kappa shape index (κ3) is 2.61. The molecule has 2 amide bonds. The fourth-order valence-electron chi connectivity index (χ4n) is 0.979. The number of nitrogens with zero attached hydrogens (tertiary/aromatic N) is 2. The number of rotatable bonds is 1. The van der Waals surface area contributed by atoms with Crippen LogP contribution in [0.2, 0.25) is 0 Å². The van der Waals surface area contributed by atoms with E-state index in [1.54, 1.807) is 22.1 Å². The van der Waals surface area contributed by atoms with E-state index in [-0.39, 0.29) is 6.03 Å². The van der Waals surface area contributed by atoms with Gasteiger partial charge in [-0.2, -0.15) is 0 Å². The molecule has 0 atom stereocenters. The van der Waals surface area contributed by atoms with Crippen LogP contribution >= 0.6 is 0 Å². The van der Waals surface area contributed by atoms with E-state index >= 15 is 0 Å². The van der Waals surface area contributed by atoms with Crippen molar-refractivity contribution in [3.8, 4) is 0 Å². The number of anilines is 1. The van der Waals surface area contributed by atoms with Gasteiger partial charge in [0.05, 0.1) is 0 Å². The number of benzene rings is 1. The van der Waals surface area contributed by atoms with Gasteiger partial charge in [-0.1, -0.05) is 0 Å². The summed E-state index contributed by atoms with van der Waals surface area (Å²) in [5, 5.41) is 0. The molecule has 0 spiro atoms. The van der Waals surface area contributed by atoms with Crippen LogP contribution in [0.4, 0.5) is 10.5 Å². The van der Waals surface area contributed by atoms with E-state index < -0.39 is 0 Å². The topological polar surface area (TPSA) is 23.6 Å². The Balaban J connectivity index is 2.80. The van der Waals surface area contributed by atoms with E-state index in [0.717, 1.165) is 5.69 Å². The molecular formula is C9H12N2OTe. The van der Waals surface area contributed by atoms with E-state index in [2.05, 4.69) is 0 Å². The van der Waals surface area contributed by atoms with Crippen LogP contribution in [0.15, 0.2) is 30.3 Å². The molecule has 0 aliphatic heterocycles. The van der Waals surface area contributed by atoms with Crippen molar-refractivity contribution in [3.63, 3.8) is 0 Å². The van der Waals surface area contributed by atoms with Crippen molar-refractivity contribution in [1.82, 2.24) is 3.15 Å². The van der Waals surface area contributed by atoms with E-state index in [1.165, 1.54) is 22.6 Å². The quantitative estimate of drug-likeness (QED) is 0.708. The van der Waals surface area contributed by atoms with E-state index in [1.807, 2.05) is 30.3 Å². The minimum absolute atomic E-state index is 0.000185. The minimum atomic E-state index is 0.000185. The third-order valence-corrected chi connectivity index (χ3v) is 2.20. The number of carbonyl (C=O) groups is 1. The van der Waals surface area contributed by atoms with Crippen LogP contribution in [-0.4, -0.2) is 45.8 Å². The first-order valence-electron chi connectivity index (χ1n) is 3.88. The molecule has 1 aromatic carbocycles. The molecule has 0 saturated carbocycles. The first-order valence-corrected chi connectivity index (χ1v) is 5.02. The molecule has 4 heteroatoms. The first-order chi connectivity index (χ1) is 6.13. The second-order valence-electron chi connectivity index (χ2n) is 2.70. The third-order valence-electron chi connectivity index (χ3n) is 1.71. The van der Waals surface area contributed by atoms with Gasteiger partial charge >= 0.3 is 91.6 Å². The summed E-state index contributed by atoms with van der Waals surface area (Å²) in [6.45, 7) is 0. The predicted octanol–water partition coefficient (Wildman–Crippen LogP) is 0.990. The van der Waals surface area contributed by atoms with E-state index in [9.17, 15) is 4.79 Å². The SMILES string of the molecule is CN([TeH])C(=O)N(C)c1ccccc1. The average Bonchev–Trinajstić information content (AvgIpc) is 2.17. The number of amides is 2. The first kappa shape index (κ1) is 10.4. The van der Waals surface area contributed by atoms with Crippen molar-refractivity contribution in [1.29, 1.82) is 0 Å². The molecule has 0 aliphatic rings. The van der Waals surface area contributed by atoms with E-state index in [0.29, 0.717) is 0 Å². The van der Waals surface area contributed by atoms with Gasteiger partial charge in [0, 0.05) is 0 Å². The van der Waals surface area contributed by atoms with Gasteiger partial charge in [-0.05, 0) is 0 Å². The zero-order chi connectivity index (χ0) is 9.84. The van der Waals surface area contributed by atoms with Crippen LogP contribution in [0.1, 0.15) is 0 Å². The summed E-state index contributed by atoms with van der Waals surface area (Å²) >= 11 is 1.38. The Morgan fingerprint density at radius 3 is 2.23 bits per heavy atom. The Morgan fingerprint density at radius 2 is 1.77 bits per heavy atom. The summed E-state index contributed by atoms with van der Waals surface area (Å²) in [4.78, 5) is 13.1. The summed E-state index contributed by atoms with van der Waals surface area (Å²) in [5.41, 5.74) is 0.912. The molecule has 0 unspecified atom stereocenters. The van der Waals surface area contributed by atoms with Crippen molar-refractivity contribution in [2.24, 2.45) is 0 Å². The Kier molecular flexibility index (Phi) is 3.58. The monoisotopic (exact) mass is 294 g/mol. The molecule has 0 radical (unpaired) electrons. The van der Waals surface area contributed by atoms with Gasteiger partial charge in [0.15, 0.2) is 0 Å². The van der Waals surface area contributed by atoms with Crippen molar-refractivity contribution < 1.29 is 4.79 Å². The summed E-state index contributed by atoms with van der Waals surface area (Å²) in [7, 11) is 3.53. The summed E-state index contributed by atoms with van der Waals surface area (Å²) in [6.07, 6.45) is 0. The van der Waals surface area contributed by atoms with Gasteiger partial charge in [0.25, 0.3) is 0 Å². The van der Waals surface area contributed by atoms with Crippen molar-refractivity contribution >= 4 is 34.3 Å². The molecular weight excluding hydrogens is 280 g/mol. The van der Waals surface area contributed by atoms with Crippen LogP contribution in [0.5, 0.6) is 0 Å². The fourth-order valence-corrected chi connectivity index (χ4v) is 1.36. The van der Waals surface area contributed by atoms with Gasteiger partial charge in [0.1, 0.15) is 0 Å². The Hall–Kier alpha value is -0.720. The standard InChI is InChI=1S/C9H12N2OTe/c1-10(9(12)11(2)13)8-6-4-3-5-7-8/h3-7,13H,1-2H3. The molecule has 0 fully saturated rings. The molecule has 0 bridgehead atoms. The van der Waals surface area contributed by atoms with E-state index in [4.69, 9.17) is 0 Å². The van der Waals surface area contributed by atoms with Gasteiger partial charge < -0.3 is 0 Å². The molecule has 1 aromatic rings. The second kappa shape index (κ2) is 4.50. The Bertz CT molecular complexity index is 287. The number of para-hydroxylation sites is 1. The van der Waals surface area contributed by atoms with Crippen molar-refractivity contribution in [2.45, 2.75) is 0 Å². The zero-order valence-electron chi connectivity index (χ0n) is 7.64. The molecule has 0 N–H and O–H groups in total. The molecule has 70 valence electrons. The summed E-state index contributed by atoms with van der Waals surface area (Å²) < 4.78 is 1.60. The van der Waals surface area contributed by atoms with Gasteiger partial charge in [0.2, 0.25) is 0 Å². The number of carbonyl (C=O) groups excluding carboxylic acids is 1. The molecule has 0 aliphatic carbocycles. The zero-order valence-corrected chi connectivity index (χ0v) is 10.2. The van der Waals surface area contributed by atoms with Gasteiger partial charge in [-0.25, -0.2) is 0 Å². The molecule has 0 heterocycles. The van der Waals surface area contributed by atoms with Crippen LogP contribution in [0.25, 0.3) is 0 Å². The van der Waals surface area contributed by atoms with Crippen LogP contribution < -0.4 is 4.90 Å². The molecule has 1 rings (SSSR count). The van der Waals surface area contributed by atoms with Crippen LogP contribution in [-0.2, 0) is 0 Å². The van der Waals surface area contributed by atoms with Gasteiger partial charge in [-0.3, -0.25) is 0 Å². The predicted molar refractivity (Wildman–Crippen MR) is 55.2 cm³/mol. The summed E-state index contributed by atoms with van der Waals surface area (Å²) in [5.74, 6) is 0. The number of hydrogen-bond donors (Lipinski definition) is 0. The van der Waals surface area contributed by atoms with Crippen molar-refractivity contribution in [3.05, 3.63) is 30.3 Å². The van der Waals surface area contributed by atoms with Gasteiger partial charge in [-0.15, -0.1) is 0 Å². The Labute approximate surface area is 91.6 Å². The Morgan fingerprint density at radius 1 is 1.23 bits per heavy atom. The van der Waals surface area contributed by atoms with Crippen molar-refractivity contribution in [2.75, 3.05) is 19.0 Å². The molecule has 0 aromatic heterocycles. The summed E-state index contributed by atoms with van der Waals surface area (Å²) in [6, 6.07) is 9.58. The molecule has 13 heavy (non-hydrogen) atoms. The average molecular weight is 292 g/mol. The number of urea groups is 1. The molecule has 0 saturated heterocycles. The maximum atomic E-state index is 11.5. The maximum absolute atomic E-state index is 11.5. The normalized spacial score (nSPS) is 9.46. The second-order valence-corrected chi connectivity index (χ2v) is 4.41.